The molecular formula is C10H11N5OS. The minimum Gasteiger partial charge on any atom is -0.362 e. The lowest BCUT2D eigenvalue weighted by atomic mass is 10.3. The van der Waals surface area contributed by atoms with Crippen LogP contribution in [0.25, 0.3) is 0 Å². The first-order valence-electron chi connectivity index (χ1n) is 4.97. The molecule has 17 heavy (non-hydrogen) atoms. The van der Waals surface area contributed by atoms with Gasteiger partial charge in [0.25, 0.3) is 5.91 Å². The molecule has 0 aliphatic rings. The molecule has 2 aromatic rings. The van der Waals surface area contributed by atoms with Crippen LogP contribution in [0, 0.1) is 0 Å². The van der Waals surface area contributed by atoms with Crippen LogP contribution in [0.2, 0.25) is 0 Å². The first-order valence-corrected chi connectivity index (χ1v) is 5.85. The summed E-state index contributed by atoms with van der Waals surface area (Å²) < 4.78 is 0. The fraction of sp³-hybridized carbons (Fsp3) is 0.200. The molecule has 2 rings (SSSR count). The number of hydrogen-bond donors (Lipinski definition) is 2. The second-order valence-corrected chi connectivity index (χ2v) is 4.14. The van der Waals surface area contributed by atoms with Gasteiger partial charge in [0.1, 0.15) is 10.8 Å². The highest BCUT2D eigenvalue weighted by Gasteiger charge is 2.05. The third kappa shape index (κ3) is 2.97. The molecule has 0 saturated carbocycles. The molecule has 0 bridgehead atoms. The minimum atomic E-state index is -0.246. The highest BCUT2D eigenvalue weighted by Crippen LogP contribution is 2.07. The quantitative estimate of drug-likeness (QED) is 0.841. The van der Waals surface area contributed by atoms with Gasteiger partial charge >= 0.3 is 0 Å². The van der Waals surface area contributed by atoms with Gasteiger partial charge in [-0.05, 0) is 12.1 Å². The molecule has 2 aromatic heterocycles. The number of nitrogens with zero attached hydrogens (tertiary/aromatic N) is 3. The van der Waals surface area contributed by atoms with Gasteiger partial charge in [0, 0.05) is 18.6 Å². The standard InChI is InChI=1S/C10H11N5OS/c1-11-10(16)7-2-3-8(15-14-7)13-6-9-12-4-5-17-9/h2-5H,6H2,1H3,(H,11,16)(H,13,15). The van der Waals surface area contributed by atoms with Crippen molar-refractivity contribution in [2.45, 2.75) is 6.54 Å². The fourth-order valence-electron chi connectivity index (χ4n) is 1.18. The van der Waals surface area contributed by atoms with Crippen LogP contribution >= 0.6 is 11.3 Å². The first kappa shape index (κ1) is 11.5. The molecule has 0 fully saturated rings. The Labute approximate surface area is 102 Å². The third-order valence-electron chi connectivity index (χ3n) is 2.03. The predicted octanol–water partition coefficient (Wildman–Crippen LogP) is 0.905. The molecule has 0 radical (unpaired) electrons. The average Bonchev–Trinajstić information content (AvgIpc) is 2.89. The lowest BCUT2D eigenvalue weighted by molar-refractivity contribution is 0.0957. The summed E-state index contributed by atoms with van der Waals surface area (Å²) in [6.07, 6.45) is 1.75. The van der Waals surface area contributed by atoms with Gasteiger partial charge in [0.05, 0.1) is 6.54 Å². The van der Waals surface area contributed by atoms with Gasteiger partial charge in [-0.15, -0.1) is 21.5 Å². The van der Waals surface area contributed by atoms with Gasteiger partial charge in [-0.25, -0.2) is 4.98 Å². The minimum absolute atomic E-state index is 0.246. The Morgan fingerprint density at radius 3 is 2.88 bits per heavy atom. The van der Waals surface area contributed by atoms with Crippen LogP contribution in [0.15, 0.2) is 23.7 Å². The van der Waals surface area contributed by atoms with Crippen LogP contribution in [0.3, 0.4) is 0 Å². The lowest BCUT2D eigenvalue weighted by Gasteiger charge is -2.03. The van der Waals surface area contributed by atoms with E-state index < -0.39 is 0 Å². The zero-order valence-electron chi connectivity index (χ0n) is 9.17. The maximum absolute atomic E-state index is 11.2. The number of amides is 1. The van der Waals surface area contributed by atoms with E-state index in [2.05, 4.69) is 25.8 Å². The molecule has 2 heterocycles. The van der Waals surface area contributed by atoms with Crippen LogP contribution in [0.4, 0.5) is 5.82 Å². The summed E-state index contributed by atoms with van der Waals surface area (Å²) in [5.41, 5.74) is 0.298. The van der Waals surface area contributed by atoms with E-state index in [-0.39, 0.29) is 5.91 Å². The van der Waals surface area contributed by atoms with Crippen molar-refractivity contribution >= 4 is 23.1 Å². The van der Waals surface area contributed by atoms with E-state index in [1.165, 1.54) is 0 Å². The molecule has 0 aromatic carbocycles. The Morgan fingerprint density at radius 1 is 1.41 bits per heavy atom. The molecule has 0 atom stereocenters. The van der Waals surface area contributed by atoms with Gasteiger partial charge in [-0.2, -0.15) is 0 Å². The van der Waals surface area contributed by atoms with Crippen molar-refractivity contribution in [2.24, 2.45) is 0 Å². The number of carbonyl (C=O) groups excluding carboxylic acids is 1. The molecule has 0 aliphatic carbocycles. The number of carbonyl (C=O) groups is 1. The van der Waals surface area contributed by atoms with E-state index in [9.17, 15) is 4.79 Å². The SMILES string of the molecule is CNC(=O)c1ccc(NCc2nccs2)nn1. The van der Waals surface area contributed by atoms with E-state index in [0.29, 0.717) is 18.1 Å². The van der Waals surface area contributed by atoms with Gasteiger partial charge in [0.2, 0.25) is 0 Å². The van der Waals surface area contributed by atoms with E-state index in [1.807, 2.05) is 5.38 Å². The van der Waals surface area contributed by atoms with Gasteiger partial charge in [-0.3, -0.25) is 4.79 Å². The topological polar surface area (TPSA) is 79.8 Å². The Kier molecular flexibility index (Phi) is 3.61. The third-order valence-corrected chi connectivity index (χ3v) is 2.81. The maximum Gasteiger partial charge on any atom is 0.271 e. The van der Waals surface area contributed by atoms with E-state index in [0.717, 1.165) is 5.01 Å². The zero-order valence-corrected chi connectivity index (χ0v) is 9.99. The summed E-state index contributed by atoms with van der Waals surface area (Å²) in [6.45, 7) is 0.603. The van der Waals surface area contributed by atoms with Crippen LogP contribution < -0.4 is 10.6 Å². The predicted molar refractivity (Wildman–Crippen MR) is 64.9 cm³/mol. The van der Waals surface area contributed by atoms with Crippen LogP contribution in [-0.2, 0) is 6.54 Å². The summed E-state index contributed by atoms with van der Waals surface area (Å²) in [7, 11) is 1.55. The molecule has 88 valence electrons. The first-order chi connectivity index (χ1) is 8.29. The summed E-state index contributed by atoms with van der Waals surface area (Å²) in [6, 6.07) is 3.33. The van der Waals surface area contributed by atoms with E-state index in [1.54, 1.807) is 36.7 Å². The number of anilines is 1. The molecular weight excluding hydrogens is 238 g/mol. The van der Waals surface area contributed by atoms with Crippen molar-refractivity contribution in [2.75, 3.05) is 12.4 Å². The van der Waals surface area contributed by atoms with Gasteiger partial charge < -0.3 is 10.6 Å². The lowest BCUT2D eigenvalue weighted by Crippen LogP contribution is -2.19. The zero-order chi connectivity index (χ0) is 12.1. The smallest absolute Gasteiger partial charge is 0.271 e. The van der Waals surface area contributed by atoms with Crippen molar-refractivity contribution in [1.29, 1.82) is 0 Å². The van der Waals surface area contributed by atoms with Gasteiger partial charge in [-0.1, -0.05) is 0 Å². The summed E-state index contributed by atoms with van der Waals surface area (Å²) in [5, 5.41) is 16.2. The van der Waals surface area contributed by atoms with Crippen molar-refractivity contribution in [3.63, 3.8) is 0 Å². The highest BCUT2D eigenvalue weighted by atomic mass is 32.1. The van der Waals surface area contributed by atoms with Crippen molar-refractivity contribution < 1.29 is 4.79 Å². The fourth-order valence-corrected chi connectivity index (χ4v) is 1.74. The molecule has 0 unspecified atom stereocenters. The second kappa shape index (κ2) is 5.35. The molecule has 7 heteroatoms. The summed E-state index contributed by atoms with van der Waals surface area (Å²) in [4.78, 5) is 15.4. The van der Waals surface area contributed by atoms with Crippen LogP contribution in [0.1, 0.15) is 15.5 Å². The number of aromatic nitrogens is 3. The number of hydrogen-bond acceptors (Lipinski definition) is 6. The molecule has 2 N–H and O–H groups in total. The number of thiazole rings is 1. The highest BCUT2D eigenvalue weighted by molar-refractivity contribution is 7.09. The molecule has 0 spiro atoms. The van der Waals surface area contributed by atoms with Crippen molar-refractivity contribution in [3.8, 4) is 0 Å². The number of nitrogens with one attached hydrogen (secondary N) is 2. The maximum atomic E-state index is 11.2. The van der Waals surface area contributed by atoms with Gasteiger partial charge in [0.15, 0.2) is 5.69 Å². The second-order valence-electron chi connectivity index (χ2n) is 3.16. The van der Waals surface area contributed by atoms with Crippen LogP contribution in [0.5, 0.6) is 0 Å². The number of rotatable bonds is 4. The summed E-state index contributed by atoms with van der Waals surface area (Å²) >= 11 is 1.57. The molecule has 0 saturated heterocycles. The van der Waals surface area contributed by atoms with Crippen LogP contribution in [-0.4, -0.2) is 28.1 Å². The largest absolute Gasteiger partial charge is 0.362 e. The van der Waals surface area contributed by atoms with Crippen molar-refractivity contribution in [3.05, 3.63) is 34.4 Å². The Morgan fingerprint density at radius 2 is 2.29 bits per heavy atom. The normalized spacial score (nSPS) is 9.94. The van der Waals surface area contributed by atoms with Crippen molar-refractivity contribution in [1.82, 2.24) is 20.5 Å². The average molecular weight is 249 g/mol. The van der Waals surface area contributed by atoms with E-state index >= 15 is 0 Å². The summed E-state index contributed by atoms with van der Waals surface area (Å²) in [5.74, 6) is 0.372. The Hall–Kier alpha value is -2.02. The molecule has 1 amide bonds. The molecule has 6 nitrogen and oxygen atoms in total. The Bertz CT molecular complexity index is 482. The Balaban J connectivity index is 1.96. The monoisotopic (exact) mass is 249 g/mol. The molecule has 0 aliphatic heterocycles. The van der Waals surface area contributed by atoms with E-state index in [4.69, 9.17) is 0 Å².